The predicted octanol–water partition coefficient (Wildman–Crippen LogP) is 28.3. The van der Waals surface area contributed by atoms with Crippen LogP contribution in [0.3, 0.4) is 0 Å². The summed E-state index contributed by atoms with van der Waals surface area (Å²) in [5.74, 6) is 1.20. The second kappa shape index (κ2) is 24.4. The number of benzene rings is 18. The highest BCUT2D eigenvalue weighted by atomic mass is 32.1. The van der Waals surface area contributed by atoms with Gasteiger partial charge in [0, 0.05) is 74.4 Å². The summed E-state index contributed by atoms with van der Waals surface area (Å²) in [6, 6.07) is 132. The molecule has 0 radical (unpaired) electrons. The van der Waals surface area contributed by atoms with Crippen molar-refractivity contribution in [3.05, 3.63) is 364 Å². The lowest BCUT2D eigenvalue weighted by atomic mass is 9.94. The van der Waals surface area contributed by atoms with E-state index in [2.05, 4.69) is 361 Å². The second-order valence-corrected chi connectivity index (χ2v) is 30.6. The molecule has 0 aliphatic rings. The van der Waals surface area contributed by atoms with Gasteiger partial charge in [-0.05, 0) is 196 Å². The molecule has 0 spiro atoms. The number of rotatable bonds is 9. The molecule has 7 nitrogen and oxygen atoms in total. The van der Waals surface area contributed by atoms with Crippen molar-refractivity contribution >= 4 is 162 Å². The molecule has 6 heterocycles. The molecule has 112 heavy (non-hydrogen) atoms. The molecule has 24 rings (SSSR count). The van der Waals surface area contributed by atoms with Crippen molar-refractivity contribution in [1.29, 1.82) is 0 Å². The Hall–Kier alpha value is -14.7. The lowest BCUT2D eigenvalue weighted by molar-refractivity contribution is 0.670. The summed E-state index contributed by atoms with van der Waals surface area (Å²) >= 11 is 1.83. The fourth-order valence-corrected chi connectivity index (χ4v) is 19.1. The average Bonchev–Trinajstić information content (AvgIpc) is 1.56. The van der Waals surface area contributed by atoms with Crippen molar-refractivity contribution in [2.24, 2.45) is 0 Å². The SMILES string of the molecule is c1ccc(-c2ccc3c(-c4cccc5c4oc4ccccc45)nc(-n4c5cc6ccccc6cc5c5c(-c6ccc7cc(-c8ccc(-c9ccc%10c(-c%11cccc%12c%11sc%11ccccc%11%12)nc(-n%11c%12cc%13ccccc%13cc%12c%12c(-c%13ccc%14ccccc%14c%13)cccc%12%11)nc%10c9)cc8)ccc7c6)cccc54)nc3c2)cc1. The van der Waals surface area contributed by atoms with Crippen LogP contribution in [0.5, 0.6) is 0 Å². The van der Waals surface area contributed by atoms with Crippen LogP contribution in [0.15, 0.2) is 368 Å². The Morgan fingerprint density at radius 2 is 0.643 bits per heavy atom. The van der Waals surface area contributed by atoms with Gasteiger partial charge < -0.3 is 4.42 Å². The first-order valence-electron chi connectivity index (χ1n) is 38.0. The number of furan rings is 1. The highest BCUT2D eigenvalue weighted by molar-refractivity contribution is 7.26. The van der Waals surface area contributed by atoms with Gasteiger partial charge in [-0.3, -0.25) is 9.13 Å². The third kappa shape index (κ3) is 9.72. The summed E-state index contributed by atoms with van der Waals surface area (Å²) in [6.45, 7) is 0. The van der Waals surface area contributed by atoms with E-state index in [4.69, 9.17) is 24.4 Å². The maximum Gasteiger partial charge on any atom is 0.235 e. The molecule has 0 bridgehead atoms. The zero-order valence-electron chi connectivity index (χ0n) is 60.1. The Labute approximate surface area is 645 Å². The lowest BCUT2D eigenvalue weighted by Gasteiger charge is -2.14. The summed E-state index contributed by atoms with van der Waals surface area (Å²) in [7, 11) is 0. The van der Waals surface area contributed by atoms with Crippen molar-refractivity contribution in [3.63, 3.8) is 0 Å². The van der Waals surface area contributed by atoms with E-state index in [9.17, 15) is 0 Å². The number of hydrogen-bond donors (Lipinski definition) is 0. The predicted molar refractivity (Wildman–Crippen MR) is 470 cm³/mol. The van der Waals surface area contributed by atoms with Gasteiger partial charge in [0.25, 0.3) is 0 Å². The monoisotopic (exact) mass is 1440 g/mol. The minimum absolute atomic E-state index is 0.580. The van der Waals surface area contributed by atoms with E-state index in [0.717, 1.165) is 181 Å². The number of thiophene rings is 1. The van der Waals surface area contributed by atoms with E-state index in [1.165, 1.54) is 47.3 Å². The van der Waals surface area contributed by atoms with Gasteiger partial charge in [0.2, 0.25) is 11.9 Å². The van der Waals surface area contributed by atoms with Crippen molar-refractivity contribution in [2.45, 2.75) is 0 Å². The molecule has 0 unspecified atom stereocenters. The third-order valence-electron chi connectivity index (χ3n) is 23.3. The first-order valence-corrected chi connectivity index (χ1v) is 38.9. The smallest absolute Gasteiger partial charge is 0.235 e. The summed E-state index contributed by atoms with van der Waals surface area (Å²) in [5, 5.41) is 20.5. The second-order valence-electron chi connectivity index (χ2n) is 29.6. The zero-order chi connectivity index (χ0) is 73.2. The van der Waals surface area contributed by atoms with E-state index < -0.39 is 0 Å². The van der Waals surface area contributed by atoms with Crippen LogP contribution in [0, 0.1) is 0 Å². The van der Waals surface area contributed by atoms with Crippen LogP contribution in [0.4, 0.5) is 0 Å². The minimum atomic E-state index is 0.580. The quantitative estimate of drug-likeness (QED) is 0.144. The van der Waals surface area contributed by atoms with Gasteiger partial charge in [0.05, 0.1) is 44.5 Å². The minimum Gasteiger partial charge on any atom is -0.455 e. The highest BCUT2D eigenvalue weighted by Crippen LogP contribution is 2.48. The normalized spacial score (nSPS) is 12.1. The Kier molecular flexibility index (Phi) is 13.6. The first-order chi connectivity index (χ1) is 55.5. The van der Waals surface area contributed by atoms with Crippen molar-refractivity contribution in [1.82, 2.24) is 29.1 Å². The maximum absolute atomic E-state index is 6.76. The standard InChI is InChI=1S/C104H60N6OS/c1-2-18-61(19-3-1)73-48-50-83-89(57-73)105-103(107-99(83)85-32-14-30-81-79-26-10-12-36-95(79)111-101(81)85)109-91-34-17-29-78(98(91)87-55-66-22-6-8-24-68(66)59-93(87)109)76-47-45-71-52-70(43-44-72(71)54-76)63-38-40-64(41-39-63)74-49-51-84-90(58-74)106-104(108-100(84)86-33-15-31-82-80-27-11-13-37-96(80)112-102(82)86)110-92-35-16-28-77(75-46-42-62-20-4-5-21-65(62)53-75)97(92)88-56-67-23-7-9-25-69(67)60-94(88)110/h1-60H. The summed E-state index contributed by atoms with van der Waals surface area (Å²) in [5.41, 5.74) is 22.4. The van der Waals surface area contributed by atoms with Gasteiger partial charge in [0.1, 0.15) is 11.2 Å². The van der Waals surface area contributed by atoms with Gasteiger partial charge >= 0.3 is 0 Å². The van der Waals surface area contributed by atoms with E-state index >= 15 is 0 Å². The molecular formula is C104H60N6OS. The largest absolute Gasteiger partial charge is 0.455 e. The van der Waals surface area contributed by atoms with Gasteiger partial charge in [-0.25, -0.2) is 19.9 Å². The topological polar surface area (TPSA) is 74.6 Å². The number of fused-ring (bicyclic) bond motifs is 18. The van der Waals surface area contributed by atoms with Crippen LogP contribution in [0.1, 0.15) is 0 Å². The highest BCUT2D eigenvalue weighted by Gasteiger charge is 2.26. The number of hydrogen-bond acceptors (Lipinski definition) is 6. The molecule has 6 aromatic heterocycles. The molecule has 0 N–H and O–H groups in total. The van der Waals surface area contributed by atoms with Gasteiger partial charge in [-0.15, -0.1) is 11.3 Å². The molecule has 18 aromatic carbocycles. The lowest BCUT2D eigenvalue weighted by Crippen LogP contribution is -2.04. The van der Waals surface area contributed by atoms with E-state index in [0.29, 0.717) is 11.9 Å². The molecule has 8 heteroatoms. The van der Waals surface area contributed by atoms with Crippen LogP contribution in [0.25, 0.3) is 241 Å². The van der Waals surface area contributed by atoms with Crippen LogP contribution >= 0.6 is 11.3 Å². The number of aromatic nitrogens is 6. The summed E-state index contributed by atoms with van der Waals surface area (Å²) < 4.78 is 13.8. The molecule has 0 aliphatic carbocycles. The fraction of sp³-hybridized carbons (Fsp3) is 0. The Morgan fingerprint density at radius 1 is 0.232 bits per heavy atom. The summed E-state index contributed by atoms with van der Waals surface area (Å²) in [6.07, 6.45) is 0. The van der Waals surface area contributed by atoms with Crippen LogP contribution in [-0.2, 0) is 0 Å². The van der Waals surface area contributed by atoms with Gasteiger partial charge in [-0.2, -0.15) is 0 Å². The molecule has 0 atom stereocenters. The zero-order valence-corrected chi connectivity index (χ0v) is 61.0. The maximum atomic E-state index is 6.76. The van der Waals surface area contributed by atoms with Crippen LogP contribution < -0.4 is 0 Å². The molecule has 0 amide bonds. The molecule has 0 saturated carbocycles. The Morgan fingerprint density at radius 3 is 1.25 bits per heavy atom. The molecule has 24 aromatic rings. The molecule has 0 fully saturated rings. The Balaban J connectivity index is 0.618. The van der Waals surface area contributed by atoms with Crippen molar-refractivity contribution in [3.8, 4) is 90.0 Å². The third-order valence-corrected chi connectivity index (χ3v) is 24.5. The van der Waals surface area contributed by atoms with Crippen LogP contribution in [-0.4, -0.2) is 29.1 Å². The van der Waals surface area contributed by atoms with E-state index in [1.807, 2.05) is 23.5 Å². The Bertz CT molecular complexity index is 8150. The van der Waals surface area contributed by atoms with E-state index in [1.54, 1.807) is 0 Å². The number of para-hydroxylation sites is 2. The summed E-state index contributed by atoms with van der Waals surface area (Å²) in [4.78, 5) is 22.8. The van der Waals surface area contributed by atoms with E-state index in [-0.39, 0.29) is 0 Å². The van der Waals surface area contributed by atoms with Crippen LogP contribution in [0.2, 0.25) is 0 Å². The van der Waals surface area contributed by atoms with Gasteiger partial charge in [0.15, 0.2) is 0 Å². The first kappa shape index (κ1) is 62.3. The fourth-order valence-electron chi connectivity index (χ4n) is 17.9. The average molecular weight is 1440 g/mol. The molecular weight excluding hydrogens is 1380 g/mol. The van der Waals surface area contributed by atoms with Crippen molar-refractivity contribution < 1.29 is 4.42 Å². The van der Waals surface area contributed by atoms with Crippen molar-refractivity contribution in [2.75, 3.05) is 0 Å². The molecule has 0 saturated heterocycles. The number of nitrogens with zero attached hydrogens (tertiary/aromatic N) is 6. The molecule has 0 aliphatic heterocycles. The van der Waals surface area contributed by atoms with Gasteiger partial charge in [-0.1, -0.05) is 267 Å². The molecule has 518 valence electrons.